The Kier molecular flexibility index (Phi) is 7.99. The largest absolute Gasteiger partial charge is 0.371 e. The Morgan fingerprint density at radius 1 is 1.15 bits per heavy atom. The fourth-order valence-corrected chi connectivity index (χ4v) is 2.32. The lowest BCUT2D eigenvalue weighted by Crippen LogP contribution is -2.38. The van der Waals surface area contributed by atoms with Gasteiger partial charge in [-0.15, -0.1) is 0 Å². The quantitative estimate of drug-likeness (QED) is 0.376. The molecule has 1 aromatic carbocycles. The van der Waals surface area contributed by atoms with Gasteiger partial charge in [0, 0.05) is 19.6 Å². The molecule has 0 aliphatic heterocycles. The Morgan fingerprint density at radius 3 is 2.40 bits per heavy atom. The summed E-state index contributed by atoms with van der Waals surface area (Å²) < 4.78 is 29.3. The minimum Gasteiger partial charge on any atom is -0.371 e. The van der Waals surface area contributed by atoms with Gasteiger partial charge in [0.2, 0.25) is 0 Å². The first-order valence-corrected chi connectivity index (χ1v) is 7.43. The molecular weight excluding hydrogens is 275 g/mol. The number of hydrogen-bond acceptors (Lipinski definition) is 3. The maximum Gasteiger partial charge on any atom is 0.272 e. The second kappa shape index (κ2) is 9.23. The van der Waals surface area contributed by atoms with Crippen LogP contribution in [0.3, 0.4) is 0 Å². The SMILES string of the molecule is CCOC(CCCCc1cccc(F)c1)(O[Si])OCC. The van der Waals surface area contributed by atoms with Gasteiger partial charge in [0.25, 0.3) is 16.5 Å². The molecule has 0 saturated heterocycles. The lowest BCUT2D eigenvalue weighted by Gasteiger charge is -2.31. The van der Waals surface area contributed by atoms with Crippen LogP contribution in [0.4, 0.5) is 4.39 Å². The summed E-state index contributed by atoms with van der Waals surface area (Å²) in [4.78, 5) is 0. The Bertz CT molecular complexity index is 381. The number of ether oxygens (including phenoxy) is 2. The van der Waals surface area contributed by atoms with Crippen LogP contribution in [0.5, 0.6) is 0 Å². The summed E-state index contributed by atoms with van der Waals surface area (Å²) in [6.07, 6.45) is 3.23. The van der Waals surface area contributed by atoms with Crippen LogP contribution in [0.25, 0.3) is 0 Å². The summed E-state index contributed by atoms with van der Waals surface area (Å²) in [5.41, 5.74) is 1.00. The van der Waals surface area contributed by atoms with E-state index in [1.807, 2.05) is 19.9 Å². The molecule has 20 heavy (non-hydrogen) atoms. The minimum atomic E-state index is -1.03. The molecule has 0 aromatic heterocycles. The van der Waals surface area contributed by atoms with Crippen molar-refractivity contribution in [3.63, 3.8) is 0 Å². The van der Waals surface area contributed by atoms with Crippen molar-refractivity contribution in [1.29, 1.82) is 0 Å². The summed E-state index contributed by atoms with van der Waals surface area (Å²) in [5.74, 6) is -1.22. The van der Waals surface area contributed by atoms with Gasteiger partial charge in [0.05, 0.1) is 0 Å². The number of unbranched alkanes of at least 4 members (excludes halogenated alkanes) is 1. The van der Waals surface area contributed by atoms with E-state index in [4.69, 9.17) is 13.9 Å². The molecule has 3 radical (unpaired) electrons. The van der Waals surface area contributed by atoms with Crippen molar-refractivity contribution in [2.24, 2.45) is 0 Å². The van der Waals surface area contributed by atoms with Crippen LogP contribution in [0.2, 0.25) is 0 Å². The summed E-state index contributed by atoms with van der Waals surface area (Å²) in [5, 5.41) is 0. The van der Waals surface area contributed by atoms with E-state index in [0.717, 1.165) is 24.8 Å². The maximum absolute atomic E-state index is 13.1. The number of benzene rings is 1. The van der Waals surface area contributed by atoms with Gasteiger partial charge in [0.15, 0.2) is 0 Å². The van der Waals surface area contributed by atoms with Crippen molar-refractivity contribution in [3.05, 3.63) is 35.6 Å². The van der Waals surface area contributed by atoms with Crippen molar-refractivity contribution in [2.45, 2.75) is 45.5 Å². The second-order valence-corrected chi connectivity index (χ2v) is 4.69. The number of aryl methyl sites for hydroxylation is 1. The van der Waals surface area contributed by atoms with Crippen molar-refractivity contribution < 1.29 is 18.3 Å². The molecule has 0 fully saturated rings. The van der Waals surface area contributed by atoms with E-state index in [0.29, 0.717) is 19.6 Å². The van der Waals surface area contributed by atoms with Gasteiger partial charge in [-0.05, 0) is 50.8 Å². The molecule has 0 atom stereocenters. The first-order chi connectivity index (χ1) is 9.65. The van der Waals surface area contributed by atoms with E-state index in [2.05, 4.69) is 10.5 Å². The van der Waals surface area contributed by atoms with Crippen molar-refractivity contribution in [3.8, 4) is 0 Å². The molecule has 0 aliphatic carbocycles. The fourth-order valence-electron chi connectivity index (χ4n) is 2.10. The van der Waals surface area contributed by atoms with Gasteiger partial charge in [0.1, 0.15) is 5.82 Å². The van der Waals surface area contributed by atoms with Gasteiger partial charge < -0.3 is 13.9 Å². The highest BCUT2D eigenvalue weighted by atomic mass is 28.2. The van der Waals surface area contributed by atoms with Gasteiger partial charge in [-0.2, -0.15) is 0 Å². The average molecular weight is 297 g/mol. The standard InChI is InChI=1S/C15H22FO3Si/c1-3-17-15(19-20,18-4-2)11-6-5-8-13-9-7-10-14(16)12-13/h7,9-10,12H,3-6,8,11H2,1-2H3. The van der Waals surface area contributed by atoms with Crippen LogP contribution in [-0.4, -0.2) is 29.7 Å². The number of hydrogen-bond donors (Lipinski definition) is 0. The van der Waals surface area contributed by atoms with E-state index in [9.17, 15) is 4.39 Å². The van der Waals surface area contributed by atoms with E-state index < -0.39 is 5.97 Å². The third-order valence-electron chi connectivity index (χ3n) is 2.97. The van der Waals surface area contributed by atoms with Gasteiger partial charge in [-0.25, -0.2) is 4.39 Å². The highest BCUT2D eigenvalue weighted by Gasteiger charge is 2.30. The van der Waals surface area contributed by atoms with E-state index in [1.54, 1.807) is 12.1 Å². The highest BCUT2D eigenvalue weighted by molar-refractivity contribution is 5.98. The lowest BCUT2D eigenvalue weighted by atomic mass is 10.1. The molecule has 1 rings (SSSR count). The predicted octanol–water partition coefficient (Wildman–Crippen LogP) is 3.37. The normalized spacial score (nSPS) is 11.8. The molecular formula is C15H22FO3Si. The predicted molar refractivity (Wildman–Crippen MR) is 76.8 cm³/mol. The third-order valence-corrected chi connectivity index (χ3v) is 3.28. The zero-order valence-corrected chi connectivity index (χ0v) is 13.2. The van der Waals surface area contributed by atoms with Crippen LogP contribution in [0.1, 0.15) is 38.7 Å². The number of halogens is 1. The van der Waals surface area contributed by atoms with Crippen LogP contribution in [-0.2, 0) is 20.3 Å². The van der Waals surface area contributed by atoms with Crippen molar-refractivity contribution in [2.75, 3.05) is 13.2 Å². The molecule has 111 valence electrons. The van der Waals surface area contributed by atoms with Crippen LogP contribution >= 0.6 is 0 Å². The van der Waals surface area contributed by atoms with Crippen LogP contribution < -0.4 is 0 Å². The van der Waals surface area contributed by atoms with Crippen LogP contribution in [0, 0.1) is 5.82 Å². The van der Waals surface area contributed by atoms with Gasteiger partial charge in [-0.1, -0.05) is 12.1 Å². The highest BCUT2D eigenvalue weighted by Crippen LogP contribution is 2.22. The molecule has 0 bridgehead atoms. The molecule has 0 amide bonds. The first kappa shape index (κ1) is 17.3. The summed E-state index contributed by atoms with van der Waals surface area (Å²) in [7, 11) is 3.03. The van der Waals surface area contributed by atoms with E-state index in [-0.39, 0.29) is 5.82 Å². The minimum absolute atomic E-state index is 0.191. The summed E-state index contributed by atoms with van der Waals surface area (Å²) >= 11 is 0. The Labute approximate surface area is 124 Å². The number of rotatable bonds is 10. The smallest absolute Gasteiger partial charge is 0.272 e. The Morgan fingerprint density at radius 2 is 1.85 bits per heavy atom. The van der Waals surface area contributed by atoms with Crippen LogP contribution in [0.15, 0.2) is 24.3 Å². The fraction of sp³-hybridized carbons (Fsp3) is 0.600. The maximum atomic E-state index is 13.1. The monoisotopic (exact) mass is 297 g/mol. The molecule has 0 N–H and O–H groups in total. The van der Waals surface area contributed by atoms with E-state index >= 15 is 0 Å². The molecule has 0 heterocycles. The molecule has 1 aromatic rings. The molecule has 3 nitrogen and oxygen atoms in total. The van der Waals surface area contributed by atoms with Crippen molar-refractivity contribution in [1.82, 2.24) is 0 Å². The molecule has 0 saturated carbocycles. The molecule has 0 spiro atoms. The average Bonchev–Trinajstić information content (AvgIpc) is 2.44. The van der Waals surface area contributed by atoms with Gasteiger partial charge >= 0.3 is 0 Å². The third kappa shape index (κ3) is 5.71. The molecule has 5 heteroatoms. The van der Waals surface area contributed by atoms with Gasteiger partial charge in [-0.3, -0.25) is 0 Å². The lowest BCUT2D eigenvalue weighted by molar-refractivity contribution is -0.344. The zero-order valence-electron chi connectivity index (χ0n) is 12.2. The topological polar surface area (TPSA) is 27.7 Å². The first-order valence-electron chi connectivity index (χ1n) is 7.03. The molecule has 0 aliphatic rings. The Hall–Kier alpha value is -0.753. The second-order valence-electron chi connectivity index (χ2n) is 4.49. The zero-order chi connectivity index (χ0) is 14.8. The Balaban J connectivity index is 2.40. The van der Waals surface area contributed by atoms with Crippen molar-refractivity contribution >= 4 is 10.5 Å². The van der Waals surface area contributed by atoms with E-state index in [1.165, 1.54) is 6.07 Å². The summed E-state index contributed by atoms with van der Waals surface area (Å²) in [6, 6.07) is 6.69. The molecule has 0 unspecified atom stereocenters. The summed E-state index contributed by atoms with van der Waals surface area (Å²) in [6.45, 7) is 4.81.